The largest absolute Gasteiger partial charge is 0.496 e. The van der Waals surface area contributed by atoms with Crippen LogP contribution in [-0.4, -0.2) is 20.3 Å². The molecule has 0 aromatic heterocycles. The van der Waals surface area contributed by atoms with Crippen LogP contribution in [0, 0.1) is 30.6 Å². The van der Waals surface area contributed by atoms with Gasteiger partial charge in [0.25, 0.3) is 0 Å². The zero-order valence-electron chi connectivity index (χ0n) is 11.0. The second kappa shape index (κ2) is 4.60. The molecule has 4 heteroatoms. The SMILES string of the molecule is COc1c(C)cc(C)cc1C(N)C1(C#N)COC1. The van der Waals surface area contributed by atoms with Crippen LogP contribution in [0.5, 0.6) is 5.75 Å². The van der Waals surface area contributed by atoms with E-state index in [-0.39, 0.29) is 6.04 Å². The van der Waals surface area contributed by atoms with Gasteiger partial charge in [-0.1, -0.05) is 17.7 Å². The van der Waals surface area contributed by atoms with Crippen LogP contribution in [-0.2, 0) is 4.74 Å². The van der Waals surface area contributed by atoms with E-state index in [2.05, 4.69) is 6.07 Å². The summed E-state index contributed by atoms with van der Waals surface area (Å²) in [5, 5.41) is 9.32. The molecule has 0 aliphatic carbocycles. The summed E-state index contributed by atoms with van der Waals surface area (Å²) in [5.41, 5.74) is 8.70. The van der Waals surface area contributed by atoms with Crippen molar-refractivity contribution in [3.05, 3.63) is 28.8 Å². The Balaban J connectivity index is 2.47. The number of hydrogen-bond donors (Lipinski definition) is 1. The van der Waals surface area contributed by atoms with Gasteiger partial charge in [-0.25, -0.2) is 0 Å². The highest BCUT2D eigenvalue weighted by atomic mass is 16.5. The van der Waals surface area contributed by atoms with Crippen LogP contribution >= 0.6 is 0 Å². The molecule has 1 heterocycles. The van der Waals surface area contributed by atoms with Gasteiger partial charge >= 0.3 is 0 Å². The third-order valence-electron chi connectivity index (χ3n) is 3.52. The zero-order valence-corrected chi connectivity index (χ0v) is 11.0. The molecule has 1 saturated heterocycles. The van der Waals surface area contributed by atoms with Crippen LogP contribution in [0.3, 0.4) is 0 Å². The summed E-state index contributed by atoms with van der Waals surface area (Å²) in [6.45, 7) is 4.78. The van der Waals surface area contributed by atoms with Gasteiger partial charge in [-0.15, -0.1) is 0 Å². The number of ether oxygens (including phenoxy) is 2. The van der Waals surface area contributed by atoms with Gasteiger partial charge in [0.2, 0.25) is 0 Å². The highest BCUT2D eigenvalue weighted by molar-refractivity contribution is 5.47. The van der Waals surface area contributed by atoms with E-state index in [0.717, 1.165) is 22.4 Å². The molecule has 0 spiro atoms. The van der Waals surface area contributed by atoms with Crippen LogP contribution in [0.4, 0.5) is 0 Å². The molecule has 0 saturated carbocycles. The van der Waals surface area contributed by atoms with E-state index in [1.165, 1.54) is 0 Å². The van der Waals surface area contributed by atoms with Crippen molar-refractivity contribution in [3.8, 4) is 11.8 Å². The molecule has 1 aromatic carbocycles. The van der Waals surface area contributed by atoms with Crippen LogP contribution in [0.25, 0.3) is 0 Å². The fourth-order valence-corrected chi connectivity index (χ4v) is 2.43. The Morgan fingerprint density at radius 1 is 1.44 bits per heavy atom. The summed E-state index contributed by atoms with van der Waals surface area (Å²) in [4.78, 5) is 0. The first-order chi connectivity index (χ1) is 8.54. The lowest BCUT2D eigenvalue weighted by atomic mass is 9.76. The predicted octanol–water partition coefficient (Wildman–Crippen LogP) is 1.85. The van der Waals surface area contributed by atoms with E-state index in [4.69, 9.17) is 15.2 Å². The third-order valence-corrected chi connectivity index (χ3v) is 3.52. The lowest BCUT2D eigenvalue weighted by molar-refractivity contribution is -0.0913. The number of aryl methyl sites for hydroxylation is 2. The van der Waals surface area contributed by atoms with E-state index in [1.54, 1.807) is 7.11 Å². The van der Waals surface area contributed by atoms with Crippen molar-refractivity contribution < 1.29 is 9.47 Å². The Hall–Kier alpha value is -1.57. The van der Waals surface area contributed by atoms with E-state index < -0.39 is 5.41 Å². The Labute approximate surface area is 107 Å². The van der Waals surface area contributed by atoms with Crippen molar-refractivity contribution in [1.82, 2.24) is 0 Å². The van der Waals surface area contributed by atoms with Gasteiger partial charge in [-0.05, 0) is 19.4 Å². The minimum Gasteiger partial charge on any atom is -0.496 e. The minimum absolute atomic E-state index is 0.384. The summed E-state index contributed by atoms with van der Waals surface area (Å²) in [6, 6.07) is 5.95. The van der Waals surface area contributed by atoms with E-state index in [1.807, 2.05) is 26.0 Å². The molecule has 1 atom stereocenters. The van der Waals surface area contributed by atoms with Gasteiger partial charge in [0.15, 0.2) is 0 Å². The van der Waals surface area contributed by atoms with Gasteiger partial charge in [-0.2, -0.15) is 5.26 Å². The molecule has 0 bridgehead atoms. The van der Waals surface area contributed by atoms with Crippen molar-refractivity contribution in [2.45, 2.75) is 19.9 Å². The average molecular weight is 246 g/mol. The first-order valence-electron chi connectivity index (χ1n) is 5.94. The third kappa shape index (κ3) is 1.86. The summed E-state index contributed by atoms with van der Waals surface area (Å²) >= 11 is 0. The minimum atomic E-state index is -0.618. The maximum absolute atomic E-state index is 9.32. The Morgan fingerprint density at radius 2 is 2.11 bits per heavy atom. The molecule has 1 aliphatic rings. The van der Waals surface area contributed by atoms with Crippen molar-refractivity contribution in [3.63, 3.8) is 0 Å². The normalized spacial score (nSPS) is 18.6. The fourth-order valence-electron chi connectivity index (χ4n) is 2.43. The molecule has 1 aromatic rings. The summed E-state index contributed by atoms with van der Waals surface area (Å²) < 4.78 is 10.6. The van der Waals surface area contributed by atoms with Crippen LogP contribution in [0.15, 0.2) is 12.1 Å². The molecule has 2 rings (SSSR count). The van der Waals surface area contributed by atoms with Gasteiger partial charge in [0.1, 0.15) is 11.2 Å². The number of nitrogens with two attached hydrogens (primary N) is 1. The Kier molecular flexibility index (Phi) is 3.29. The smallest absolute Gasteiger partial charge is 0.126 e. The van der Waals surface area contributed by atoms with E-state index >= 15 is 0 Å². The number of nitriles is 1. The second-order valence-corrected chi connectivity index (χ2v) is 4.94. The molecule has 96 valence electrons. The highest BCUT2D eigenvalue weighted by Crippen LogP contribution is 2.42. The van der Waals surface area contributed by atoms with Crippen molar-refractivity contribution in [2.75, 3.05) is 20.3 Å². The molecule has 1 unspecified atom stereocenters. The van der Waals surface area contributed by atoms with Crippen LogP contribution in [0.1, 0.15) is 22.7 Å². The average Bonchev–Trinajstić information content (AvgIpc) is 2.27. The monoisotopic (exact) mass is 246 g/mol. The van der Waals surface area contributed by atoms with E-state index in [0.29, 0.717) is 13.2 Å². The molecule has 0 radical (unpaired) electrons. The first-order valence-corrected chi connectivity index (χ1v) is 5.94. The highest BCUT2D eigenvalue weighted by Gasteiger charge is 2.46. The fraction of sp³-hybridized carbons (Fsp3) is 0.500. The standard InChI is InChI=1S/C14H18N2O2/c1-9-4-10(2)12(17-3)11(5-9)13(16)14(6-15)7-18-8-14/h4-5,13H,7-8,16H2,1-3H3. The molecule has 4 nitrogen and oxygen atoms in total. The Bertz CT molecular complexity index is 501. The number of rotatable bonds is 3. The maximum Gasteiger partial charge on any atom is 0.126 e. The van der Waals surface area contributed by atoms with Crippen molar-refractivity contribution in [2.24, 2.45) is 11.1 Å². The van der Waals surface area contributed by atoms with E-state index in [9.17, 15) is 5.26 Å². The predicted molar refractivity (Wildman–Crippen MR) is 68.3 cm³/mol. The molecule has 1 fully saturated rings. The van der Waals surface area contributed by atoms with Gasteiger partial charge in [-0.3, -0.25) is 0 Å². The number of nitrogens with zero attached hydrogens (tertiary/aromatic N) is 1. The molecule has 1 aliphatic heterocycles. The molecule has 18 heavy (non-hydrogen) atoms. The topological polar surface area (TPSA) is 68.3 Å². The van der Waals surface area contributed by atoms with Crippen LogP contribution < -0.4 is 10.5 Å². The summed E-state index contributed by atoms with van der Waals surface area (Å²) in [7, 11) is 1.63. The van der Waals surface area contributed by atoms with Gasteiger partial charge < -0.3 is 15.2 Å². The number of benzene rings is 1. The molecular formula is C14H18N2O2. The lowest BCUT2D eigenvalue weighted by Gasteiger charge is -2.40. The van der Waals surface area contributed by atoms with Crippen LogP contribution in [0.2, 0.25) is 0 Å². The quantitative estimate of drug-likeness (QED) is 0.883. The maximum atomic E-state index is 9.32. The molecule has 2 N–H and O–H groups in total. The van der Waals surface area contributed by atoms with Crippen molar-refractivity contribution in [1.29, 1.82) is 5.26 Å². The Morgan fingerprint density at radius 3 is 2.56 bits per heavy atom. The second-order valence-electron chi connectivity index (χ2n) is 4.94. The first kappa shape index (κ1) is 12.9. The van der Waals surface area contributed by atoms with Gasteiger partial charge in [0.05, 0.1) is 32.4 Å². The molecule has 0 amide bonds. The van der Waals surface area contributed by atoms with Crippen molar-refractivity contribution >= 4 is 0 Å². The number of hydrogen-bond acceptors (Lipinski definition) is 4. The lowest BCUT2D eigenvalue weighted by Crippen LogP contribution is -2.49. The zero-order chi connectivity index (χ0) is 13.3. The summed E-state index contributed by atoms with van der Waals surface area (Å²) in [6.07, 6.45) is 0. The van der Waals surface area contributed by atoms with Gasteiger partial charge in [0, 0.05) is 5.56 Å². The molecular weight excluding hydrogens is 228 g/mol. The summed E-state index contributed by atoms with van der Waals surface area (Å²) in [5.74, 6) is 0.773. The number of methoxy groups -OCH3 is 1.